The predicted molar refractivity (Wildman–Crippen MR) is 77.2 cm³/mol. The minimum atomic E-state index is -0.994. The molecule has 1 aromatic carbocycles. The van der Waals surface area contributed by atoms with Gasteiger partial charge in [0, 0.05) is 17.6 Å². The van der Waals surface area contributed by atoms with Crippen LogP contribution in [0, 0.1) is 5.82 Å². The van der Waals surface area contributed by atoms with E-state index in [1.54, 1.807) is 23.1 Å². The van der Waals surface area contributed by atoms with E-state index in [0.717, 1.165) is 0 Å². The molecule has 0 spiro atoms. The fourth-order valence-electron chi connectivity index (χ4n) is 1.76. The first-order valence-electron chi connectivity index (χ1n) is 6.67. The number of halogens is 1. The summed E-state index contributed by atoms with van der Waals surface area (Å²) in [6.07, 6.45) is 0. The van der Waals surface area contributed by atoms with Crippen LogP contribution < -0.4 is 5.32 Å². The van der Waals surface area contributed by atoms with Crippen LogP contribution in [0.2, 0.25) is 0 Å². The van der Waals surface area contributed by atoms with Crippen LogP contribution in [0.5, 0.6) is 0 Å². The van der Waals surface area contributed by atoms with Crippen LogP contribution >= 0.6 is 0 Å². The maximum Gasteiger partial charge on any atom is 0.317 e. The lowest BCUT2D eigenvalue weighted by atomic mass is 10.1. The van der Waals surface area contributed by atoms with Gasteiger partial charge < -0.3 is 10.4 Å². The summed E-state index contributed by atoms with van der Waals surface area (Å²) in [5, 5.41) is 11.5. The number of amides is 1. The van der Waals surface area contributed by atoms with E-state index in [2.05, 4.69) is 5.32 Å². The summed E-state index contributed by atoms with van der Waals surface area (Å²) >= 11 is 0. The number of hydrogen-bond donors (Lipinski definition) is 2. The van der Waals surface area contributed by atoms with Crippen LogP contribution in [0.25, 0.3) is 0 Å². The van der Waals surface area contributed by atoms with Gasteiger partial charge in [0.05, 0.1) is 13.1 Å². The van der Waals surface area contributed by atoms with Crippen LogP contribution in [0.4, 0.5) is 4.39 Å². The average Bonchev–Trinajstić information content (AvgIpc) is 2.35. The van der Waals surface area contributed by atoms with Gasteiger partial charge in [-0.15, -0.1) is 0 Å². The lowest BCUT2D eigenvalue weighted by Crippen LogP contribution is -2.49. The molecule has 0 saturated carbocycles. The van der Waals surface area contributed by atoms with E-state index in [4.69, 9.17) is 5.11 Å². The van der Waals surface area contributed by atoms with E-state index >= 15 is 0 Å². The summed E-state index contributed by atoms with van der Waals surface area (Å²) in [4.78, 5) is 24.3. The van der Waals surface area contributed by atoms with E-state index in [1.807, 2.05) is 20.8 Å². The first kappa shape index (κ1) is 17.1. The Hall–Kier alpha value is -1.95. The van der Waals surface area contributed by atoms with Crippen LogP contribution in [0.3, 0.4) is 0 Å². The van der Waals surface area contributed by atoms with E-state index in [1.165, 1.54) is 6.07 Å². The zero-order valence-corrected chi connectivity index (χ0v) is 12.5. The highest BCUT2D eigenvalue weighted by Gasteiger charge is 2.25. The number of nitrogens with one attached hydrogen (secondary N) is 1. The zero-order chi connectivity index (χ0) is 16.0. The molecule has 116 valence electrons. The Bertz CT molecular complexity index is 512. The van der Waals surface area contributed by atoms with Crippen molar-refractivity contribution in [3.63, 3.8) is 0 Å². The average molecular weight is 296 g/mol. The molecule has 0 heterocycles. The van der Waals surface area contributed by atoms with Crippen LogP contribution in [-0.4, -0.2) is 40.5 Å². The summed E-state index contributed by atoms with van der Waals surface area (Å²) in [5.74, 6) is -1.71. The van der Waals surface area contributed by atoms with E-state index in [9.17, 15) is 14.0 Å². The van der Waals surface area contributed by atoms with Gasteiger partial charge in [-0.1, -0.05) is 18.2 Å². The van der Waals surface area contributed by atoms with Crippen molar-refractivity contribution in [2.45, 2.75) is 32.9 Å². The Morgan fingerprint density at radius 3 is 2.38 bits per heavy atom. The molecule has 0 aliphatic rings. The van der Waals surface area contributed by atoms with Crippen molar-refractivity contribution in [1.82, 2.24) is 10.2 Å². The number of carbonyl (C=O) groups excluding carboxylic acids is 1. The molecule has 0 atom stereocenters. The van der Waals surface area contributed by atoms with Gasteiger partial charge in [0.25, 0.3) is 0 Å². The van der Waals surface area contributed by atoms with Crippen molar-refractivity contribution < 1.29 is 19.1 Å². The number of benzene rings is 1. The molecule has 0 aliphatic carbocycles. The van der Waals surface area contributed by atoms with Gasteiger partial charge in [-0.2, -0.15) is 0 Å². The largest absolute Gasteiger partial charge is 0.480 e. The van der Waals surface area contributed by atoms with E-state index in [-0.39, 0.29) is 31.4 Å². The van der Waals surface area contributed by atoms with Crippen molar-refractivity contribution >= 4 is 11.9 Å². The number of hydrogen-bond acceptors (Lipinski definition) is 3. The highest BCUT2D eigenvalue weighted by atomic mass is 19.1. The van der Waals surface area contributed by atoms with Crippen molar-refractivity contribution in [3.8, 4) is 0 Å². The number of carbonyl (C=O) groups is 2. The number of carboxylic acids is 1. The minimum Gasteiger partial charge on any atom is -0.480 e. The minimum absolute atomic E-state index is 0.0513. The van der Waals surface area contributed by atoms with E-state index < -0.39 is 11.5 Å². The summed E-state index contributed by atoms with van der Waals surface area (Å²) in [5.41, 5.74) is -0.0559. The third-order valence-electron chi connectivity index (χ3n) is 3.04. The molecule has 1 aromatic rings. The second-order valence-corrected chi connectivity index (χ2v) is 5.79. The van der Waals surface area contributed by atoms with Crippen LogP contribution in [0.15, 0.2) is 24.3 Å². The molecule has 0 unspecified atom stereocenters. The van der Waals surface area contributed by atoms with Gasteiger partial charge >= 0.3 is 5.97 Å². The Balaban J connectivity index is 2.58. The first-order chi connectivity index (χ1) is 9.70. The highest BCUT2D eigenvalue weighted by molar-refractivity contribution is 5.79. The standard InChI is InChI=1S/C15H21FN2O3/c1-15(2,3)18(10-14(20)21)9-13(19)17-8-11-6-4-5-7-12(11)16/h4-7H,8-10H2,1-3H3,(H,17,19)(H,20,21). The molecule has 0 aliphatic heterocycles. The normalized spacial score (nSPS) is 11.5. The number of nitrogens with zero attached hydrogens (tertiary/aromatic N) is 1. The molecule has 0 bridgehead atoms. The molecule has 1 amide bonds. The third kappa shape index (κ3) is 5.91. The van der Waals surface area contributed by atoms with Crippen molar-refractivity contribution in [2.24, 2.45) is 0 Å². The molecule has 0 saturated heterocycles. The molecular weight excluding hydrogens is 275 g/mol. The SMILES string of the molecule is CC(C)(C)N(CC(=O)O)CC(=O)NCc1ccccc1F. The van der Waals surface area contributed by atoms with Gasteiger partial charge in [-0.05, 0) is 26.8 Å². The molecule has 0 fully saturated rings. The van der Waals surface area contributed by atoms with Crippen molar-refractivity contribution in [1.29, 1.82) is 0 Å². The fourth-order valence-corrected chi connectivity index (χ4v) is 1.76. The monoisotopic (exact) mass is 296 g/mol. The van der Waals surface area contributed by atoms with Crippen LogP contribution in [-0.2, 0) is 16.1 Å². The van der Waals surface area contributed by atoms with Gasteiger partial charge in [0.2, 0.25) is 5.91 Å². The van der Waals surface area contributed by atoms with E-state index in [0.29, 0.717) is 5.56 Å². The molecule has 2 N–H and O–H groups in total. The maximum atomic E-state index is 13.4. The van der Waals surface area contributed by atoms with Crippen molar-refractivity contribution in [2.75, 3.05) is 13.1 Å². The lowest BCUT2D eigenvalue weighted by molar-refractivity contribution is -0.140. The second kappa shape index (κ2) is 7.17. The van der Waals surface area contributed by atoms with Gasteiger partial charge in [-0.3, -0.25) is 14.5 Å². The van der Waals surface area contributed by atoms with Gasteiger partial charge in [0.15, 0.2) is 0 Å². The summed E-state index contributed by atoms with van der Waals surface area (Å²) in [6.45, 7) is 5.30. The smallest absolute Gasteiger partial charge is 0.317 e. The molecule has 0 radical (unpaired) electrons. The highest BCUT2D eigenvalue weighted by Crippen LogP contribution is 2.12. The Labute approximate surface area is 123 Å². The lowest BCUT2D eigenvalue weighted by Gasteiger charge is -2.33. The summed E-state index contributed by atoms with van der Waals surface area (Å²) in [7, 11) is 0. The second-order valence-electron chi connectivity index (χ2n) is 5.79. The number of rotatable bonds is 6. The van der Waals surface area contributed by atoms with Gasteiger partial charge in [0.1, 0.15) is 5.82 Å². The van der Waals surface area contributed by atoms with Crippen molar-refractivity contribution in [3.05, 3.63) is 35.6 Å². The Kier molecular flexibility index (Phi) is 5.84. The van der Waals surface area contributed by atoms with Crippen LogP contribution in [0.1, 0.15) is 26.3 Å². The molecule has 0 aromatic heterocycles. The Morgan fingerprint density at radius 2 is 1.86 bits per heavy atom. The number of carboxylic acid groups (broad SMARTS) is 1. The summed E-state index contributed by atoms with van der Waals surface area (Å²) in [6, 6.07) is 6.19. The third-order valence-corrected chi connectivity index (χ3v) is 3.04. The topological polar surface area (TPSA) is 69.6 Å². The quantitative estimate of drug-likeness (QED) is 0.837. The number of aliphatic carboxylic acids is 1. The first-order valence-corrected chi connectivity index (χ1v) is 6.67. The molecule has 21 heavy (non-hydrogen) atoms. The molecular formula is C15H21FN2O3. The van der Waals surface area contributed by atoms with Gasteiger partial charge in [-0.25, -0.2) is 4.39 Å². The molecule has 6 heteroatoms. The summed E-state index contributed by atoms with van der Waals surface area (Å²) < 4.78 is 13.4. The fraction of sp³-hybridized carbons (Fsp3) is 0.467. The Morgan fingerprint density at radius 1 is 1.24 bits per heavy atom. The maximum absolute atomic E-state index is 13.4. The zero-order valence-electron chi connectivity index (χ0n) is 12.5. The predicted octanol–water partition coefficient (Wildman–Crippen LogP) is 1.63. The molecule has 5 nitrogen and oxygen atoms in total. The molecule has 1 rings (SSSR count).